The monoisotopic (exact) mass is 491 g/mol. The highest BCUT2D eigenvalue weighted by atomic mass is 35.5. The second-order valence-corrected chi connectivity index (χ2v) is 7.87. The number of hydrogen-bond acceptors (Lipinski definition) is 6. The molecule has 0 aliphatic carbocycles. The average Bonchev–Trinajstić information content (AvgIpc) is 2.83. The van der Waals surface area contributed by atoms with Gasteiger partial charge in [-0.05, 0) is 54.1 Å². The molecule has 7 nitrogen and oxygen atoms in total. The van der Waals surface area contributed by atoms with Crippen molar-refractivity contribution in [3.05, 3.63) is 98.0 Å². The van der Waals surface area contributed by atoms with Crippen molar-refractivity contribution in [2.45, 2.75) is 0 Å². The van der Waals surface area contributed by atoms with Gasteiger partial charge in [0, 0.05) is 5.02 Å². The number of benzene rings is 3. The molecule has 4 aromatic rings. The Balaban J connectivity index is 1.68. The van der Waals surface area contributed by atoms with Crippen molar-refractivity contribution < 1.29 is 14.3 Å². The van der Waals surface area contributed by atoms with Crippen LogP contribution in [0.2, 0.25) is 10.0 Å². The average molecular weight is 492 g/mol. The summed E-state index contributed by atoms with van der Waals surface area (Å²) in [6.45, 7) is 0. The molecule has 3 aromatic carbocycles. The number of nitriles is 1. The van der Waals surface area contributed by atoms with Crippen molar-refractivity contribution in [2.24, 2.45) is 0 Å². The first kappa shape index (κ1) is 23.1. The van der Waals surface area contributed by atoms with Gasteiger partial charge >= 0.3 is 5.97 Å². The largest absolute Gasteiger partial charge is 0.493 e. The maximum absolute atomic E-state index is 12.5. The van der Waals surface area contributed by atoms with Crippen LogP contribution in [0.25, 0.3) is 22.6 Å². The van der Waals surface area contributed by atoms with Crippen molar-refractivity contribution in [2.75, 3.05) is 7.11 Å². The number of aromatic nitrogens is 2. The van der Waals surface area contributed by atoms with E-state index in [0.717, 1.165) is 0 Å². The number of nitrogens with zero attached hydrogens (tertiary/aromatic N) is 2. The Labute approximate surface area is 203 Å². The Morgan fingerprint density at radius 1 is 1.09 bits per heavy atom. The van der Waals surface area contributed by atoms with E-state index in [1.807, 2.05) is 6.07 Å². The summed E-state index contributed by atoms with van der Waals surface area (Å²) in [5, 5.41) is 10.7. The second kappa shape index (κ2) is 9.79. The third kappa shape index (κ3) is 4.79. The first-order valence-corrected chi connectivity index (χ1v) is 10.6. The van der Waals surface area contributed by atoms with Crippen LogP contribution in [-0.2, 0) is 0 Å². The van der Waals surface area contributed by atoms with Crippen LogP contribution in [0.15, 0.2) is 65.5 Å². The van der Waals surface area contributed by atoms with Gasteiger partial charge in [-0.3, -0.25) is 4.79 Å². The lowest BCUT2D eigenvalue weighted by molar-refractivity contribution is 0.0730. The van der Waals surface area contributed by atoms with Crippen LogP contribution in [0, 0.1) is 11.3 Å². The summed E-state index contributed by atoms with van der Waals surface area (Å²) >= 11 is 12.1. The van der Waals surface area contributed by atoms with Gasteiger partial charge in [0.05, 0.1) is 34.2 Å². The van der Waals surface area contributed by atoms with E-state index in [2.05, 4.69) is 9.97 Å². The number of methoxy groups -OCH3 is 1. The maximum Gasteiger partial charge on any atom is 0.345 e. The van der Waals surface area contributed by atoms with Crippen molar-refractivity contribution >= 4 is 51.7 Å². The molecule has 0 atom stereocenters. The number of H-pyrrole nitrogens is 1. The number of hydrogen-bond donors (Lipinski definition) is 1. The molecule has 34 heavy (non-hydrogen) atoms. The highest BCUT2D eigenvalue weighted by Crippen LogP contribution is 2.31. The molecule has 0 radical (unpaired) electrons. The van der Waals surface area contributed by atoms with Crippen LogP contribution in [0.1, 0.15) is 21.7 Å². The number of aromatic amines is 1. The van der Waals surface area contributed by atoms with Crippen LogP contribution in [-0.4, -0.2) is 23.0 Å². The number of nitrogens with one attached hydrogen (secondary N) is 1. The van der Waals surface area contributed by atoms with Gasteiger partial charge in [0.2, 0.25) is 0 Å². The number of carbonyl (C=O) groups excluding carboxylic acids is 1. The van der Waals surface area contributed by atoms with Crippen molar-refractivity contribution in [1.29, 1.82) is 5.26 Å². The van der Waals surface area contributed by atoms with Gasteiger partial charge in [0.15, 0.2) is 17.3 Å². The van der Waals surface area contributed by atoms with E-state index in [9.17, 15) is 14.9 Å². The topological polar surface area (TPSA) is 105 Å². The highest BCUT2D eigenvalue weighted by Gasteiger charge is 2.16. The Hall–Kier alpha value is -4.12. The molecule has 0 unspecified atom stereocenters. The van der Waals surface area contributed by atoms with E-state index in [1.54, 1.807) is 54.6 Å². The van der Waals surface area contributed by atoms with Gasteiger partial charge in [-0.2, -0.15) is 5.26 Å². The number of fused-ring (bicyclic) bond motifs is 1. The Morgan fingerprint density at radius 2 is 1.88 bits per heavy atom. The first-order chi connectivity index (χ1) is 16.4. The summed E-state index contributed by atoms with van der Waals surface area (Å²) in [7, 11) is 1.42. The SMILES string of the molecule is COc1cc(/C=C(\C#N)c2nc3cc(Cl)ccc3c(=O)[nH]2)ccc1OC(=O)c1ccccc1Cl. The van der Waals surface area contributed by atoms with Crippen molar-refractivity contribution in [1.82, 2.24) is 9.97 Å². The van der Waals surface area contributed by atoms with Crippen LogP contribution in [0.3, 0.4) is 0 Å². The Kier molecular flexibility index (Phi) is 6.64. The lowest BCUT2D eigenvalue weighted by atomic mass is 10.1. The minimum Gasteiger partial charge on any atom is -0.493 e. The predicted octanol–water partition coefficient (Wildman–Crippen LogP) is 5.52. The molecule has 0 aliphatic rings. The van der Waals surface area contributed by atoms with E-state index < -0.39 is 11.5 Å². The molecule has 0 saturated carbocycles. The fourth-order valence-corrected chi connectivity index (χ4v) is 3.58. The normalized spacial score (nSPS) is 11.2. The van der Waals surface area contributed by atoms with Gasteiger partial charge in [-0.15, -0.1) is 0 Å². The summed E-state index contributed by atoms with van der Waals surface area (Å²) < 4.78 is 10.8. The Bertz CT molecular complexity index is 1550. The molecule has 9 heteroatoms. The summed E-state index contributed by atoms with van der Waals surface area (Å²) in [4.78, 5) is 31.9. The van der Waals surface area contributed by atoms with Gasteiger partial charge in [0.25, 0.3) is 5.56 Å². The van der Waals surface area contributed by atoms with Crippen molar-refractivity contribution in [3.63, 3.8) is 0 Å². The number of carbonyl (C=O) groups is 1. The molecule has 0 amide bonds. The second-order valence-electron chi connectivity index (χ2n) is 7.03. The lowest BCUT2D eigenvalue weighted by Gasteiger charge is -2.11. The molecule has 4 rings (SSSR count). The number of ether oxygens (including phenoxy) is 2. The van der Waals surface area contributed by atoms with E-state index >= 15 is 0 Å². The zero-order valence-corrected chi connectivity index (χ0v) is 19.1. The van der Waals surface area contributed by atoms with Crippen LogP contribution >= 0.6 is 23.2 Å². The minimum atomic E-state index is -0.637. The molecule has 0 fully saturated rings. The quantitative estimate of drug-likeness (QED) is 0.223. The smallest absolute Gasteiger partial charge is 0.345 e. The molecule has 168 valence electrons. The first-order valence-electron chi connectivity index (χ1n) is 9.86. The van der Waals surface area contributed by atoms with Gasteiger partial charge < -0.3 is 14.5 Å². The zero-order chi connectivity index (χ0) is 24.2. The zero-order valence-electron chi connectivity index (χ0n) is 17.6. The summed E-state index contributed by atoms with van der Waals surface area (Å²) in [6, 6.07) is 18.0. The standard InChI is InChI=1S/C25H15Cl2N3O4/c1-33-22-11-14(6-9-21(22)34-25(32)17-4-2-3-5-19(17)27)10-15(13-28)23-29-20-12-16(26)7-8-18(20)24(31)30-23/h2-12H,1H3,(H,29,30,31)/b15-10+. The van der Waals surface area contributed by atoms with Crippen molar-refractivity contribution in [3.8, 4) is 17.6 Å². The number of halogens is 2. The Morgan fingerprint density at radius 3 is 2.62 bits per heavy atom. The molecule has 0 aliphatic heterocycles. The summed E-state index contributed by atoms with van der Waals surface area (Å²) in [5.41, 5.74) is 0.860. The third-order valence-corrected chi connectivity index (χ3v) is 5.40. The van der Waals surface area contributed by atoms with E-state index in [0.29, 0.717) is 21.5 Å². The fourth-order valence-electron chi connectivity index (χ4n) is 3.20. The van der Waals surface area contributed by atoms with Crippen LogP contribution in [0.4, 0.5) is 0 Å². The summed E-state index contributed by atoms with van der Waals surface area (Å²) in [5.74, 6) is -0.106. The lowest BCUT2D eigenvalue weighted by Crippen LogP contribution is -2.11. The molecular formula is C25H15Cl2N3O4. The number of rotatable bonds is 5. The van der Waals surface area contributed by atoms with E-state index in [-0.39, 0.29) is 33.5 Å². The highest BCUT2D eigenvalue weighted by molar-refractivity contribution is 6.33. The van der Waals surface area contributed by atoms with E-state index in [1.165, 1.54) is 19.3 Å². The number of esters is 1. The third-order valence-electron chi connectivity index (χ3n) is 4.84. The van der Waals surface area contributed by atoms with Gasteiger partial charge in [0.1, 0.15) is 6.07 Å². The molecule has 1 aromatic heterocycles. The molecule has 0 bridgehead atoms. The molecule has 1 heterocycles. The van der Waals surface area contributed by atoms with Crippen LogP contribution in [0.5, 0.6) is 11.5 Å². The maximum atomic E-state index is 12.5. The van der Waals surface area contributed by atoms with Gasteiger partial charge in [-0.25, -0.2) is 9.78 Å². The predicted molar refractivity (Wildman–Crippen MR) is 130 cm³/mol. The molecule has 1 N–H and O–H groups in total. The van der Waals surface area contributed by atoms with Crippen LogP contribution < -0.4 is 15.0 Å². The van der Waals surface area contributed by atoms with E-state index in [4.69, 9.17) is 32.7 Å². The minimum absolute atomic E-state index is 0.0930. The molecule has 0 saturated heterocycles. The number of allylic oxidation sites excluding steroid dienone is 1. The fraction of sp³-hybridized carbons (Fsp3) is 0.0400. The summed E-state index contributed by atoms with van der Waals surface area (Å²) in [6.07, 6.45) is 1.52. The molecule has 0 spiro atoms. The molecular weight excluding hydrogens is 477 g/mol. The van der Waals surface area contributed by atoms with Gasteiger partial charge in [-0.1, -0.05) is 41.4 Å².